The summed E-state index contributed by atoms with van der Waals surface area (Å²) in [6.45, 7) is 4.06. The molecule has 1 heterocycles. The van der Waals surface area contributed by atoms with Gasteiger partial charge < -0.3 is 10.0 Å². The molecule has 0 aliphatic carbocycles. The molecule has 14 heavy (non-hydrogen) atoms. The predicted molar refractivity (Wildman–Crippen MR) is 59.3 cm³/mol. The average Bonchev–Trinajstić information content (AvgIpc) is 2.48. The Morgan fingerprint density at radius 2 is 2.29 bits per heavy atom. The maximum atomic E-state index is 10.5. The first-order chi connectivity index (χ1) is 6.42. The molecule has 3 nitrogen and oxygen atoms in total. The number of hydrogen-bond donors (Lipinski definition) is 1. The van der Waals surface area contributed by atoms with Crippen LogP contribution in [-0.2, 0) is 0 Å². The molecule has 1 aromatic rings. The molecule has 0 saturated carbocycles. The highest BCUT2D eigenvalue weighted by Gasteiger charge is 2.16. The van der Waals surface area contributed by atoms with E-state index in [0.717, 1.165) is 12.0 Å². The van der Waals surface area contributed by atoms with Gasteiger partial charge in [0, 0.05) is 24.7 Å². The third-order valence-electron chi connectivity index (χ3n) is 1.79. The van der Waals surface area contributed by atoms with Gasteiger partial charge in [0.05, 0.1) is 10.5 Å². The Morgan fingerprint density at radius 1 is 1.64 bits per heavy atom. The summed E-state index contributed by atoms with van der Waals surface area (Å²) in [6.07, 6.45) is 0.839. The molecule has 1 aromatic heterocycles. The normalized spacial score (nSPS) is 11.4. The highest BCUT2D eigenvalue weighted by atomic mass is 32.1. The van der Waals surface area contributed by atoms with Gasteiger partial charge in [0.1, 0.15) is 0 Å². The predicted octanol–water partition coefficient (Wildman–Crippen LogP) is 1.77. The maximum Gasteiger partial charge on any atom is 0.160 e. The third-order valence-corrected chi connectivity index (χ3v) is 2.63. The summed E-state index contributed by atoms with van der Waals surface area (Å²) < 4.78 is 0. The molecule has 0 aliphatic heterocycles. The van der Waals surface area contributed by atoms with Crippen LogP contribution in [0.4, 0.5) is 5.69 Å². The number of aldehydes is 1. The van der Waals surface area contributed by atoms with Crippen molar-refractivity contribution in [3.8, 4) is 0 Å². The third kappa shape index (κ3) is 3.12. The van der Waals surface area contributed by atoms with Crippen LogP contribution in [0.5, 0.6) is 0 Å². The van der Waals surface area contributed by atoms with E-state index in [0.29, 0.717) is 11.4 Å². The standard InChI is InChI=1S/C10H15NO2S/c1-10(2,13)7-11(3)8-4-9(5-12)14-6-8/h4-6,13H,7H2,1-3H3. The molecule has 0 unspecified atom stereocenters. The summed E-state index contributed by atoms with van der Waals surface area (Å²) in [5, 5.41) is 11.5. The zero-order valence-electron chi connectivity index (χ0n) is 8.65. The molecule has 4 heteroatoms. The number of anilines is 1. The summed E-state index contributed by atoms with van der Waals surface area (Å²) >= 11 is 1.41. The number of likely N-dealkylation sites (N-methyl/N-ethyl adjacent to an activating group) is 1. The fraction of sp³-hybridized carbons (Fsp3) is 0.500. The highest BCUT2D eigenvalue weighted by Crippen LogP contribution is 2.22. The number of rotatable bonds is 4. The Morgan fingerprint density at radius 3 is 2.71 bits per heavy atom. The molecule has 0 atom stereocenters. The van der Waals surface area contributed by atoms with E-state index in [1.807, 2.05) is 23.4 Å². The van der Waals surface area contributed by atoms with Gasteiger partial charge >= 0.3 is 0 Å². The number of aliphatic hydroxyl groups is 1. The lowest BCUT2D eigenvalue weighted by atomic mass is 10.1. The molecule has 0 saturated heterocycles. The summed E-state index contributed by atoms with van der Waals surface area (Å²) in [4.78, 5) is 13.1. The SMILES string of the molecule is CN(CC(C)(C)O)c1csc(C=O)c1. The highest BCUT2D eigenvalue weighted by molar-refractivity contribution is 7.12. The topological polar surface area (TPSA) is 40.5 Å². The van der Waals surface area contributed by atoms with Crippen LogP contribution in [0.3, 0.4) is 0 Å². The molecular weight excluding hydrogens is 198 g/mol. The van der Waals surface area contributed by atoms with Crippen molar-refractivity contribution in [2.24, 2.45) is 0 Å². The minimum atomic E-state index is -0.724. The van der Waals surface area contributed by atoms with Crippen LogP contribution < -0.4 is 4.90 Å². The van der Waals surface area contributed by atoms with Gasteiger partial charge in [-0.1, -0.05) is 0 Å². The molecule has 0 aliphatic rings. The second-order valence-electron chi connectivity index (χ2n) is 3.99. The van der Waals surface area contributed by atoms with Gasteiger partial charge in [0.2, 0.25) is 0 Å². The Bertz CT molecular complexity index is 314. The van der Waals surface area contributed by atoms with Crippen LogP contribution >= 0.6 is 11.3 Å². The summed E-state index contributed by atoms with van der Waals surface area (Å²) in [7, 11) is 1.90. The first-order valence-electron chi connectivity index (χ1n) is 4.39. The van der Waals surface area contributed by atoms with E-state index in [-0.39, 0.29) is 0 Å². The zero-order chi connectivity index (χ0) is 10.8. The lowest BCUT2D eigenvalue weighted by molar-refractivity contribution is 0.0886. The van der Waals surface area contributed by atoms with Crippen molar-refractivity contribution in [1.29, 1.82) is 0 Å². The number of thiophene rings is 1. The fourth-order valence-electron chi connectivity index (χ4n) is 1.28. The molecule has 0 radical (unpaired) electrons. The number of nitrogens with zero attached hydrogens (tertiary/aromatic N) is 1. The van der Waals surface area contributed by atoms with E-state index < -0.39 is 5.60 Å². The molecule has 0 fully saturated rings. The molecule has 1 N–H and O–H groups in total. The van der Waals surface area contributed by atoms with Gasteiger partial charge in [-0.15, -0.1) is 11.3 Å². The average molecular weight is 213 g/mol. The second-order valence-corrected chi connectivity index (χ2v) is 4.94. The van der Waals surface area contributed by atoms with Crippen molar-refractivity contribution in [1.82, 2.24) is 0 Å². The molecule has 1 rings (SSSR count). The van der Waals surface area contributed by atoms with Crippen molar-refractivity contribution in [3.63, 3.8) is 0 Å². The molecular formula is C10H15NO2S. The molecule has 0 aromatic carbocycles. The summed E-state index contributed by atoms with van der Waals surface area (Å²) in [6, 6.07) is 1.82. The second kappa shape index (κ2) is 4.11. The first-order valence-corrected chi connectivity index (χ1v) is 5.27. The van der Waals surface area contributed by atoms with Gasteiger partial charge in [-0.05, 0) is 19.9 Å². The van der Waals surface area contributed by atoms with Gasteiger partial charge in [0.25, 0.3) is 0 Å². The van der Waals surface area contributed by atoms with Crippen molar-refractivity contribution in [2.45, 2.75) is 19.4 Å². The number of carbonyl (C=O) groups excluding carboxylic acids is 1. The zero-order valence-corrected chi connectivity index (χ0v) is 9.47. The van der Waals surface area contributed by atoms with E-state index >= 15 is 0 Å². The van der Waals surface area contributed by atoms with Gasteiger partial charge in [0.15, 0.2) is 6.29 Å². The van der Waals surface area contributed by atoms with E-state index in [2.05, 4.69) is 0 Å². The first kappa shape index (κ1) is 11.2. The minimum absolute atomic E-state index is 0.544. The van der Waals surface area contributed by atoms with Crippen LogP contribution in [0.15, 0.2) is 11.4 Å². The largest absolute Gasteiger partial charge is 0.389 e. The van der Waals surface area contributed by atoms with Crippen LogP contribution in [0.25, 0.3) is 0 Å². The molecule has 0 bridgehead atoms. The Kier molecular flexibility index (Phi) is 3.29. The van der Waals surface area contributed by atoms with Crippen molar-refractivity contribution in [3.05, 3.63) is 16.3 Å². The van der Waals surface area contributed by atoms with E-state index in [9.17, 15) is 9.90 Å². The number of carbonyl (C=O) groups is 1. The van der Waals surface area contributed by atoms with Crippen LogP contribution in [-0.4, -0.2) is 30.6 Å². The van der Waals surface area contributed by atoms with Crippen LogP contribution in [0.1, 0.15) is 23.5 Å². The quantitative estimate of drug-likeness (QED) is 0.775. The van der Waals surface area contributed by atoms with Crippen LogP contribution in [0, 0.1) is 0 Å². The molecule has 0 amide bonds. The number of hydrogen-bond acceptors (Lipinski definition) is 4. The lowest BCUT2D eigenvalue weighted by Gasteiger charge is -2.26. The van der Waals surface area contributed by atoms with Gasteiger partial charge in [-0.3, -0.25) is 4.79 Å². The Hall–Kier alpha value is -0.870. The fourth-order valence-corrected chi connectivity index (χ4v) is 2.03. The maximum absolute atomic E-state index is 10.5. The Balaban J connectivity index is 2.69. The van der Waals surface area contributed by atoms with Crippen molar-refractivity contribution in [2.75, 3.05) is 18.5 Å². The lowest BCUT2D eigenvalue weighted by Crippen LogP contribution is -2.36. The smallest absolute Gasteiger partial charge is 0.160 e. The van der Waals surface area contributed by atoms with Gasteiger partial charge in [-0.25, -0.2) is 0 Å². The summed E-state index contributed by atoms with van der Waals surface area (Å²) in [5.74, 6) is 0. The van der Waals surface area contributed by atoms with E-state index in [1.165, 1.54) is 11.3 Å². The van der Waals surface area contributed by atoms with Crippen molar-refractivity contribution < 1.29 is 9.90 Å². The van der Waals surface area contributed by atoms with E-state index in [1.54, 1.807) is 13.8 Å². The minimum Gasteiger partial charge on any atom is -0.389 e. The summed E-state index contributed by atoms with van der Waals surface area (Å²) in [5.41, 5.74) is 0.247. The van der Waals surface area contributed by atoms with Crippen LogP contribution in [0.2, 0.25) is 0 Å². The van der Waals surface area contributed by atoms with Gasteiger partial charge in [-0.2, -0.15) is 0 Å². The van der Waals surface area contributed by atoms with Crippen molar-refractivity contribution >= 4 is 23.3 Å². The molecule has 78 valence electrons. The Labute approximate surface area is 88.0 Å². The monoisotopic (exact) mass is 213 g/mol. The molecule has 0 spiro atoms. The van der Waals surface area contributed by atoms with E-state index in [4.69, 9.17) is 0 Å².